The minimum Gasteiger partial charge on any atom is -0.396 e. The van der Waals surface area contributed by atoms with Crippen LogP contribution in [0.25, 0.3) is 6.08 Å². The van der Waals surface area contributed by atoms with Gasteiger partial charge in [0.25, 0.3) is 0 Å². The molecular weight excluding hydrogens is 210 g/mol. The van der Waals surface area contributed by atoms with Crippen LogP contribution in [0, 0.1) is 5.92 Å². The molecule has 0 fully saturated rings. The van der Waals surface area contributed by atoms with Crippen molar-refractivity contribution in [3.63, 3.8) is 0 Å². The van der Waals surface area contributed by atoms with E-state index in [1.54, 1.807) is 17.4 Å². The first-order valence-corrected chi connectivity index (χ1v) is 5.70. The smallest absolute Gasteiger partial charge is 0.244 e. The quantitative estimate of drug-likeness (QED) is 0.746. The van der Waals surface area contributed by atoms with Gasteiger partial charge in [-0.2, -0.15) is 0 Å². The Kier molecular flexibility index (Phi) is 5.07. The highest BCUT2D eigenvalue weighted by Crippen LogP contribution is 2.09. The Bertz CT molecular complexity index is 319. The molecule has 1 amide bonds. The second kappa shape index (κ2) is 6.37. The summed E-state index contributed by atoms with van der Waals surface area (Å²) in [5.74, 6) is -0.0206. The van der Waals surface area contributed by atoms with Crippen molar-refractivity contribution in [3.8, 4) is 0 Å². The highest BCUT2D eigenvalue weighted by molar-refractivity contribution is 7.10. The van der Waals surface area contributed by atoms with Crippen molar-refractivity contribution in [3.05, 3.63) is 28.5 Å². The number of hydrogen-bond donors (Lipinski definition) is 2. The summed E-state index contributed by atoms with van der Waals surface area (Å²) in [6.45, 7) is 2.47. The fourth-order valence-corrected chi connectivity index (χ4v) is 1.56. The molecule has 1 atom stereocenters. The van der Waals surface area contributed by atoms with Crippen molar-refractivity contribution >= 4 is 23.3 Å². The van der Waals surface area contributed by atoms with Crippen LogP contribution in [0.1, 0.15) is 11.8 Å². The summed E-state index contributed by atoms with van der Waals surface area (Å²) in [5.41, 5.74) is 0. The van der Waals surface area contributed by atoms with Gasteiger partial charge in [-0.1, -0.05) is 13.0 Å². The van der Waals surface area contributed by atoms with Gasteiger partial charge in [-0.3, -0.25) is 4.79 Å². The molecule has 0 saturated carbocycles. The zero-order chi connectivity index (χ0) is 11.1. The van der Waals surface area contributed by atoms with Crippen LogP contribution in [-0.4, -0.2) is 24.2 Å². The summed E-state index contributed by atoms with van der Waals surface area (Å²) in [5, 5.41) is 13.4. The number of nitrogens with one attached hydrogen (secondary N) is 1. The van der Waals surface area contributed by atoms with Crippen LogP contribution in [0.2, 0.25) is 0 Å². The molecule has 1 heterocycles. The second-order valence-electron chi connectivity index (χ2n) is 3.38. The second-order valence-corrected chi connectivity index (χ2v) is 4.36. The van der Waals surface area contributed by atoms with Gasteiger partial charge in [0.15, 0.2) is 0 Å². The normalized spacial score (nSPS) is 12.9. The fraction of sp³-hybridized carbons (Fsp3) is 0.364. The largest absolute Gasteiger partial charge is 0.396 e. The van der Waals surface area contributed by atoms with Crippen molar-refractivity contribution in [2.45, 2.75) is 6.92 Å². The molecular formula is C11H15NO2S. The maximum atomic E-state index is 11.3. The molecule has 0 radical (unpaired) electrons. The van der Waals surface area contributed by atoms with Gasteiger partial charge in [-0.25, -0.2) is 0 Å². The van der Waals surface area contributed by atoms with Crippen LogP contribution in [0.3, 0.4) is 0 Å². The van der Waals surface area contributed by atoms with E-state index in [-0.39, 0.29) is 18.4 Å². The van der Waals surface area contributed by atoms with Gasteiger partial charge in [-0.15, -0.1) is 11.3 Å². The number of aliphatic hydroxyl groups excluding tert-OH is 1. The number of hydrogen-bond acceptors (Lipinski definition) is 3. The van der Waals surface area contributed by atoms with Crippen molar-refractivity contribution in [2.24, 2.45) is 5.92 Å². The summed E-state index contributed by atoms with van der Waals surface area (Å²) < 4.78 is 0. The molecule has 1 aromatic rings. The Morgan fingerprint density at radius 2 is 2.53 bits per heavy atom. The van der Waals surface area contributed by atoms with Crippen molar-refractivity contribution in [1.82, 2.24) is 5.32 Å². The Morgan fingerprint density at radius 3 is 3.13 bits per heavy atom. The first-order valence-electron chi connectivity index (χ1n) is 4.82. The van der Waals surface area contributed by atoms with Crippen LogP contribution in [-0.2, 0) is 4.79 Å². The Morgan fingerprint density at radius 1 is 1.73 bits per heavy atom. The lowest BCUT2D eigenvalue weighted by Gasteiger charge is -2.07. The third-order valence-corrected chi connectivity index (χ3v) is 2.72. The highest BCUT2D eigenvalue weighted by Gasteiger charge is 2.01. The van der Waals surface area contributed by atoms with Gasteiger partial charge in [0, 0.05) is 24.1 Å². The molecule has 0 aliphatic heterocycles. The summed E-state index contributed by atoms with van der Waals surface area (Å²) in [7, 11) is 0. The monoisotopic (exact) mass is 225 g/mol. The van der Waals surface area contributed by atoms with Crippen molar-refractivity contribution in [2.75, 3.05) is 13.2 Å². The van der Waals surface area contributed by atoms with E-state index < -0.39 is 0 Å². The average Bonchev–Trinajstić information content (AvgIpc) is 2.75. The van der Waals surface area contributed by atoms with Gasteiger partial charge in [0.2, 0.25) is 5.91 Å². The number of aliphatic hydroxyl groups is 1. The third kappa shape index (κ3) is 4.76. The minimum absolute atomic E-state index is 0.0922. The first-order chi connectivity index (χ1) is 7.22. The lowest BCUT2D eigenvalue weighted by molar-refractivity contribution is -0.116. The molecule has 0 bridgehead atoms. The Labute approximate surface area is 93.4 Å². The maximum Gasteiger partial charge on any atom is 0.244 e. The molecule has 15 heavy (non-hydrogen) atoms. The fourth-order valence-electron chi connectivity index (χ4n) is 0.942. The molecule has 0 aromatic carbocycles. The molecule has 3 nitrogen and oxygen atoms in total. The van der Waals surface area contributed by atoms with Crippen LogP contribution < -0.4 is 5.32 Å². The number of amides is 1. The van der Waals surface area contributed by atoms with Crippen LogP contribution >= 0.6 is 11.3 Å². The highest BCUT2D eigenvalue weighted by atomic mass is 32.1. The molecule has 0 saturated heterocycles. The molecule has 82 valence electrons. The van der Waals surface area contributed by atoms with Gasteiger partial charge in [-0.05, 0) is 23.4 Å². The molecule has 2 N–H and O–H groups in total. The van der Waals surface area contributed by atoms with E-state index in [2.05, 4.69) is 5.32 Å². The summed E-state index contributed by atoms with van der Waals surface area (Å²) in [6.07, 6.45) is 3.29. The maximum absolute atomic E-state index is 11.3. The van der Waals surface area contributed by atoms with Crippen LogP contribution in [0.4, 0.5) is 0 Å². The minimum atomic E-state index is -0.122. The van der Waals surface area contributed by atoms with Gasteiger partial charge in [0.1, 0.15) is 0 Å². The zero-order valence-electron chi connectivity index (χ0n) is 8.64. The summed E-state index contributed by atoms with van der Waals surface area (Å²) in [4.78, 5) is 12.3. The molecule has 0 aliphatic carbocycles. The predicted molar refractivity (Wildman–Crippen MR) is 62.6 cm³/mol. The first kappa shape index (κ1) is 11.9. The Balaban J connectivity index is 2.30. The van der Waals surface area contributed by atoms with E-state index in [0.717, 1.165) is 4.88 Å². The average molecular weight is 225 g/mol. The molecule has 1 rings (SSSR count). The van der Waals surface area contributed by atoms with E-state index in [0.29, 0.717) is 6.54 Å². The van der Waals surface area contributed by atoms with Gasteiger partial charge >= 0.3 is 0 Å². The topological polar surface area (TPSA) is 49.3 Å². The van der Waals surface area contributed by atoms with Crippen LogP contribution in [0.5, 0.6) is 0 Å². The van der Waals surface area contributed by atoms with Gasteiger partial charge in [0.05, 0.1) is 0 Å². The molecule has 1 unspecified atom stereocenters. The number of thiophene rings is 1. The lowest BCUT2D eigenvalue weighted by Crippen LogP contribution is -2.27. The molecule has 0 aliphatic rings. The molecule has 1 aromatic heterocycles. The van der Waals surface area contributed by atoms with Gasteiger partial charge < -0.3 is 10.4 Å². The number of carbonyl (C=O) groups excluding carboxylic acids is 1. The zero-order valence-corrected chi connectivity index (χ0v) is 9.46. The third-order valence-electron chi connectivity index (χ3n) is 1.88. The number of rotatable bonds is 5. The lowest BCUT2D eigenvalue weighted by atomic mass is 10.2. The van der Waals surface area contributed by atoms with E-state index in [9.17, 15) is 4.79 Å². The molecule has 0 spiro atoms. The Hall–Kier alpha value is -1.13. The summed E-state index contributed by atoms with van der Waals surface area (Å²) >= 11 is 1.59. The summed E-state index contributed by atoms with van der Waals surface area (Å²) in [6, 6.07) is 3.89. The van der Waals surface area contributed by atoms with Crippen molar-refractivity contribution < 1.29 is 9.90 Å². The van der Waals surface area contributed by atoms with E-state index in [1.807, 2.05) is 24.4 Å². The number of carbonyl (C=O) groups is 1. The van der Waals surface area contributed by atoms with E-state index >= 15 is 0 Å². The van der Waals surface area contributed by atoms with E-state index in [1.165, 1.54) is 6.08 Å². The van der Waals surface area contributed by atoms with Crippen LogP contribution in [0.15, 0.2) is 23.6 Å². The van der Waals surface area contributed by atoms with E-state index in [4.69, 9.17) is 5.11 Å². The molecule has 4 heteroatoms. The SMILES string of the molecule is CC(CO)CNC(=O)/C=C/c1cccs1. The van der Waals surface area contributed by atoms with Crippen molar-refractivity contribution in [1.29, 1.82) is 0 Å². The predicted octanol–water partition coefficient (Wildman–Crippen LogP) is 1.51. The standard InChI is InChI=1S/C11H15NO2S/c1-9(8-13)7-12-11(14)5-4-10-3-2-6-15-10/h2-6,9,13H,7-8H2,1H3,(H,12,14)/b5-4+.